The standard InChI is InChI=1S/C18H16F3N3O/c1-12-8-10-14(11-9-12)23-24-16(17(25)18(19,20)21)15(22-2)13-6-4-3-5-7-13/h3-11,23H,1-2H3/b22-15?,24-16-. The third-order valence-corrected chi connectivity index (χ3v) is 3.32. The van der Waals surface area contributed by atoms with Gasteiger partial charge < -0.3 is 0 Å². The SMILES string of the molecule is CN=C(/C(=N/Nc1ccc(C)cc1)C(=O)C(F)(F)F)c1ccccc1. The van der Waals surface area contributed by atoms with Crippen LogP contribution in [-0.4, -0.2) is 30.4 Å². The monoisotopic (exact) mass is 347 g/mol. The summed E-state index contributed by atoms with van der Waals surface area (Å²) in [5.41, 5.74) is 3.38. The first-order chi connectivity index (χ1) is 11.8. The van der Waals surface area contributed by atoms with Gasteiger partial charge in [-0.15, -0.1) is 0 Å². The molecule has 0 amide bonds. The maximum absolute atomic E-state index is 13.0. The Morgan fingerprint density at radius 3 is 2.12 bits per heavy atom. The van der Waals surface area contributed by atoms with Gasteiger partial charge >= 0.3 is 6.18 Å². The number of aryl methyl sites for hydroxylation is 1. The number of benzene rings is 2. The molecule has 0 bridgehead atoms. The topological polar surface area (TPSA) is 53.8 Å². The van der Waals surface area contributed by atoms with Crippen LogP contribution in [-0.2, 0) is 4.79 Å². The van der Waals surface area contributed by atoms with E-state index in [4.69, 9.17) is 0 Å². The minimum absolute atomic E-state index is 0.137. The second-order valence-electron chi connectivity index (χ2n) is 5.20. The molecule has 0 unspecified atom stereocenters. The smallest absolute Gasteiger partial charge is 0.286 e. The molecule has 0 atom stereocenters. The number of aliphatic imine (C=N–C) groups is 1. The molecule has 0 fully saturated rings. The largest absolute Gasteiger partial charge is 0.456 e. The molecule has 2 rings (SSSR count). The summed E-state index contributed by atoms with van der Waals surface area (Å²) >= 11 is 0. The Balaban J connectivity index is 2.44. The minimum atomic E-state index is -5.06. The summed E-state index contributed by atoms with van der Waals surface area (Å²) < 4.78 is 38.9. The lowest BCUT2D eigenvalue weighted by Crippen LogP contribution is -2.37. The van der Waals surface area contributed by atoms with Crippen molar-refractivity contribution in [3.63, 3.8) is 0 Å². The fourth-order valence-corrected chi connectivity index (χ4v) is 2.06. The summed E-state index contributed by atoms with van der Waals surface area (Å²) in [6.07, 6.45) is -5.06. The number of nitrogens with one attached hydrogen (secondary N) is 1. The summed E-state index contributed by atoms with van der Waals surface area (Å²) in [7, 11) is 1.31. The first kappa shape index (κ1) is 18.4. The highest BCUT2D eigenvalue weighted by atomic mass is 19.4. The van der Waals surface area contributed by atoms with Crippen LogP contribution >= 0.6 is 0 Å². The van der Waals surface area contributed by atoms with Crippen LogP contribution in [0.15, 0.2) is 64.7 Å². The fraction of sp³-hybridized carbons (Fsp3) is 0.167. The molecular weight excluding hydrogens is 331 g/mol. The predicted molar refractivity (Wildman–Crippen MR) is 92.2 cm³/mol. The van der Waals surface area contributed by atoms with Crippen molar-refractivity contribution in [2.45, 2.75) is 13.1 Å². The van der Waals surface area contributed by atoms with E-state index in [0.29, 0.717) is 11.3 Å². The zero-order valence-electron chi connectivity index (χ0n) is 13.6. The number of Topliss-reactive ketones (excluding diaryl/α,β-unsaturated/α-hetero) is 1. The Morgan fingerprint density at radius 2 is 1.60 bits per heavy atom. The molecule has 0 radical (unpaired) electrons. The number of anilines is 1. The number of ketones is 1. The van der Waals surface area contributed by atoms with E-state index in [2.05, 4.69) is 15.5 Å². The van der Waals surface area contributed by atoms with Gasteiger partial charge in [-0.3, -0.25) is 15.2 Å². The van der Waals surface area contributed by atoms with Crippen molar-refractivity contribution in [1.82, 2.24) is 0 Å². The van der Waals surface area contributed by atoms with Crippen molar-refractivity contribution < 1.29 is 18.0 Å². The van der Waals surface area contributed by atoms with Crippen LogP contribution in [0.1, 0.15) is 11.1 Å². The lowest BCUT2D eigenvalue weighted by molar-refractivity contribution is -0.162. The normalized spacial score (nSPS) is 12.8. The number of alkyl halides is 3. The number of hydrogen-bond donors (Lipinski definition) is 1. The van der Waals surface area contributed by atoms with Gasteiger partial charge in [-0.05, 0) is 19.1 Å². The molecule has 2 aromatic carbocycles. The summed E-state index contributed by atoms with van der Waals surface area (Å²) in [6.45, 7) is 1.88. The van der Waals surface area contributed by atoms with Crippen molar-refractivity contribution in [2.24, 2.45) is 10.1 Å². The van der Waals surface area contributed by atoms with Crippen molar-refractivity contribution in [2.75, 3.05) is 12.5 Å². The molecule has 130 valence electrons. The third-order valence-electron chi connectivity index (χ3n) is 3.32. The van der Waals surface area contributed by atoms with E-state index < -0.39 is 17.7 Å². The number of halogens is 3. The number of hydrazone groups is 1. The molecular formula is C18H16F3N3O. The molecule has 0 aliphatic heterocycles. The molecule has 1 N–H and O–H groups in total. The molecule has 0 aliphatic rings. The molecule has 0 spiro atoms. The Hall–Kier alpha value is -2.96. The number of rotatable bonds is 5. The van der Waals surface area contributed by atoms with Gasteiger partial charge in [0.1, 0.15) is 0 Å². The van der Waals surface area contributed by atoms with Gasteiger partial charge in [0, 0.05) is 12.6 Å². The van der Waals surface area contributed by atoms with Crippen molar-refractivity contribution >= 4 is 22.9 Å². The zero-order chi connectivity index (χ0) is 18.4. The van der Waals surface area contributed by atoms with Crippen LogP contribution in [0.4, 0.5) is 18.9 Å². The van der Waals surface area contributed by atoms with Crippen LogP contribution in [0.5, 0.6) is 0 Å². The average Bonchev–Trinajstić information content (AvgIpc) is 2.59. The Labute approximate surface area is 143 Å². The van der Waals surface area contributed by atoms with E-state index in [1.807, 2.05) is 6.92 Å². The lowest BCUT2D eigenvalue weighted by atomic mass is 10.0. The zero-order valence-corrected chi connectivity index (χ0v) is 13.6. The Bertz CT molecular complexity index is 795. The van der Waals surface area contributed by atoms with Crippen molar-refractivity contribution in [3.05, 3.63) is 65.7 Å². The predicted octanol–water partition coefficient (Wildman–Crippen LogP) is 4.01. The molecule has 0 heterocycles. The number of carbonyl (C=O) groups is 1. The van der Waals surface area contributed by atoms with Crippen LogP contribution in [0, 0.1) is 6.92 Å². The fourth-order valence-electron chi connectivity index (χ4n) is 2.06. The Morgan fingerprint density at radius 1 is 1.00 bits per heavy atom. The summed E-state index contributed by atoms with van der Waals surface area (Å²) in [6, 6.07) is 15.0. The quantitative estimate of drug-likeness (QED) is 0.656. The first-order valence-corrected chi connectivity index (χ1v) is 7.37. The second kappa shape index (κ2) is 7.74. The summed E-state index contributed by atoms with van der Waals surface area (Å²) in [4.78, 5) is 15.7. The number of nitrogens with zero attached hydrogens (tertiary/aromatic N) is 2. The number of hydrogen-bond acceptors (Lipinski definition) is 4. The van der Waals surface area contributed by atoms with Crippen LogP contribution < -0.4 is 5.43 Å². The molecule has 7 heteroatoms. The van der Waals surface area contributed by atoms with Crippen molar-refractivity contribution in [1.29, 1.82) is 0 Å². The van der Waals surface area contributed by atoms with Gasteiger partial charge in [0.05, 0.1) is 11.4 Å². The van der Waals surface area contributed by atoms with E-state index in [1.54, 1.807) is 54.6 Å². The van der Waals surface area contributed by atoms with Crippen LogP contribution in [0.25, 0.3) is 0 Å². The lowest BCUT2D eigenvalue weighted by Gasteiger charge is -2.12. The van der Waals surface area contributed by atoms with Gasteiger partial charge in [0.25, 0.3) is 5.78 Å². The average molecular weight is 347 g/mol. The van der Waals surface area contributed by atoms with E-state index in [-0.39, 0.29) is 5.71 Å². The minimum Gasteiger partial charge on any atom is -0.286 e. The van der Waals surface area contributed by atoms with Gasteiger partial charge in [-0.25, -0.2) is 0 Å². The maximum atomic E-state index is 13.0. The van der Waals surface area contributed by atoms with Gasteiger partial charge in [-0.1, -0.05) is 48.0 Å². The van der Waals surface area contributed by atoms with Crippen LogP contribution in [0.3, 0.4) is 0 Å². The molecule has 2 aromatic rings. The molecule has 25 heavy (non-hydrogen) atoms. The molecule has 0 aliphatic carbocycles. The van der Waals surface area contributed by atoms with Gasteiger partial charge in [-0.2, -0.15) is 18.3 Å². The highest BCUT2D eigenvalue weighted by molar-refractivity contribution is 6.71. The second-order valence-corrected chi connectivity index (χ2v) is 5.20. The summed E-state index contributed by atoms with van der Waals surface area (Å²) in [5, 5.41) is 3.70. The molecule has 0 aromatic heterocycles. The first-order valence-electron chi connectivity index (χ1n) is 7.37. The van der Waals surface area contributed by atoms with Gasteiger partial charge in [0.15, 0.2) is 5.71 Å². The molecule has 4 nitrogen and oxygen atoms in total. The maximum Gasteiger partial charge on any atom is 0.456 e. The molecule has 0 saturated heterocycles. The van der Waals surface area contributed by atoms with E-state index in [9.17, 15) is 18.0 Å². The van der Waals surface area contributed by atoms with E-state index in [0.717, 1.165) is 5.56 Å². The van der Waals surface area contributed by atoms with E-state index in [1.165, 1.54) is 7.05 Å². The van der Waals surface area contributed by atoms with Crippen molar-refractivity contribution in [3.8, 4) is 0 Å². The third kappa shape index (κ3) is 4.76. The number of carbonyl (C=O) groups excluding carboxylic acids is 1. The summed E-state index contributed by atoms with van der Waals surface area (Å²) in [5.74, 6) is -2.06. The molecule has 0 saturated carbocycles. The highest BCUT2D eigenvalue weighted by Crippen LogP contribution is 2.19. The van der Waals surface area contributed by atoms with Gasteiger partial charge in [0.2, 0.25) is 0 Å². The van der Waals surface area contributed by atoms with Crippen LogP contribution in [0.2, 0.25) is 0 Å². The van der Waals surface area contributed by atoms with E-state index >= 15 is 0 Å². The highest BCUT2D eigenvalue weighted by Gasteiger charge is 2.43. The Kier molecular flexibility index (Phi) is 5.69.